The summed E-state index contributed by atoms with van der Waals surface area (Å²) in [6, 6.07) is 9.58. The molecule has 4 nitrogen and oxygen atoms in total. The number of benzene rings is 1. The monoisotopic (exact) mass is 327 g/mol. The summed E-state index contributed by atoms with van der Waals surface area (Å²) < 4.78 is 11.2. The minimum atomic E-state index is -0.400. The molecule has 0 spiro atoms. The first-order chi connectivity index (χ1) is 11.5. The number of rotatable bonds is 7. The van der Waals surface area contributed by atoms with Gasteiger partial charge in [-0.25, -0.2) is 4.79 Å². The minimum absolute atomic E-state index is 0.233. The van der Waals surface area contributed by atoms with Crippen molar-refractivity contribution < 1.29 is 14.3 Å². The van der Waals surface area contributed by atoms with Crippen molar-refractivity contribution in [1.82, 2.24) is 0 Å². The second-order valence-electron chi connectivity index (χ2n) is 6.21. The fraction of sp³-hybridized carbons (Fsp3) is 0.350. The molecule has 4 heteroatoms. The number of carbonyl (C=O) groups excluding carboxylic acids is 1. The van der Waals surface area contributed by atoms with Gasteiger partial charge in [-0.2, -0.15) is 0 Å². The lowest BCUT2D eigenvalue weighted by Crippen LogP contribution is -2.13. The fourth-order valence-corrected chi connectivity index (χ4v) is 2.19. The predicted octanol–water partition coefficient (Wildman–Crippen LogP) is 3.50. The van der Waals surface area contributed by atoms with Crippen LogP contribution in [0.15, 0.2) is 65.9 Å². The van der Waals surface area contributed by atoms with Crippen LogP contribution in [0.2, 0.25) is 0 Å². The van der Waals surface area contributed by atoms with Crippen LogP contribution >= 0.6 is 0 Å². The SMILES string of the molecule is CC(C)CCOC1C=CC(N)=CC(C(=O)OCc2ccccc2)=C1. The third-order valence-electron chi connectivity index (χ3n) is 3.60. The molecule has 1 aliphatic rings. The molecule has 0 heterocycles. The van der Waals surface area contributed by atoms with Gasteiger partial charge in [0.05, 0.1) is 11.7 Å². The third kappa shape index (κ3) is 6.05. The van der Waals surface area contributed by atoms with Crippen molar-refractivity contribution in [3.05, 3.63) is 71.5 Å². The van der Waals surface area contributed by atoms with Gasteiger partial charge in [0.15, 0.2) is 0 Å². The molecule has 1 aromatic rings. The van der Waals surface area contributed by atoms with E-state index in [0.29, 0.717) is 23.8 Å². The topological polar surface area (TPSA) is 61.5 Å². The summed E-state index contributed by atoms with van der Waals surface area (Å²) in [4.78, 5) is 12.3. The van der Waals surface area contributed by atoms with Crippen LogP contribution in [-0.4, -0.2) is 18.7 Å². The molecule has 2 rings (SSSR count). The summed E-state index contributed by atoms with van der Waals surface area (Å²) in [6.07, 6.45) is 7.67. The van der Waals surface area contributed by atoms with E-state index >= 15 is 0 Å². The van der Waals surface area contributed by atoms with Gasteiger partial charge >= 0.3 is 5.97 Å². The lowest BCUT2D eigenvalue weighted by molar-refractivity contribution is -0.139. The van der Waals surface area contributed by atoms with Crippen molar-refractivity contribution in [2.45, 2.75) is 33.0 Å². The number of ether oxygens (including phenoxy) is 2. The van der Waals surface area contributed by atoms with E-state index in [1.807, 2.05) is 36.4 Å². The molecule has 24 heavy (non-hydrogen) atoms. The average molecular weight is 327 g/mol. The number of hydrogen-bond acceptors (Lipinski definition) is 4. The highest BCUT2D eigenvalue weighted by atomic mass is 16.5. The number of allylic oxidation sites excluding steroid dienone is 1. The molecule has 128 valence electrons. The molecule has 0 amide bonds. The summed E-state index contributed by atoms with van der Waals surface area (Å²) in [5.41, 5.74) is 7.75. The van der Waals surface area contributed by atoms with E-state index < -0.39 is 5.97 Å². The van der Waals surface area contributed by atoms with Crippen LogP contribution in [0.3, 0.4) is 0 Å². The number of carbonyl (C=O) groups is 1. The van der Waals surface area contributed by atoms with Crippen molar-refractivity contribution in [2.75, 3.05) is 6.61 Å². The summed E-state index contributed by atoms with van der Waals surface area (Å²) in [5, 5.41) is 0. The maximum Gasteiger partial charge on any atom is 0.338 e. The van der Waals surface area contributed by atoms with Gasteiger partial charge in [-0.05, 0) is 42.2 Å². The zero-order chi connectivity index (χ0) is 17.4. The normalized spacial score (nSPS) is 17.2. The van der Waals surface area contributed by atoms with E-state index in [9.17, 15) is 4.79 Å². The van der Waals surface area contributed by atoms with Gasteiger partial charge in [-0.15, -0.1) is 0 Å². The van der Waals surface area contributed by atoms with Gasteiger partial charge in [-0.3, -0.25) is 0 Å². The van der Waals surface area contributed by atoms with Gasteiger partial charge < -0.3 is 15.2 Å². The van der Waals surface area contributed by atoms with E-state index in [0.717, 1.165) is 12.0 Å². The van der Waals surface area contributed by atoms with Crippen molar-refractivity contribution in [3.63, 3.8) is 0 Å². The highest BCUT2D eigenvalue weighted by molar-refractivity contribution is 5.92. The van der Waals surface area contributed by atoms with E-state index in [1.165, 1.54) is 0 Å². The molecule has 0 aliphatic heterocycles. The van der Waals surface area contributed by atoms with Gasteiger partial charge in [-0.1, -0.05) is 44.2 Å². The smallest absolute Gasteiger partial charge is 0.338 e. The van der Waals surface area contributed by atoms with Crippen LogP contribution in [-0.2, 0) is 20.9 Å². The molecule has 1 unspecified atom stereocenters. The van der Waals surface area contributed by atoms with Crippen LogP contribution in [0.4, 0.5) is 0 Å². The van der Waals surface area contributed by atoms with E-state index in [4.69, 9.17) is 15.2 Å². The summed E-state index contributed by atoms with van der Waals surface area (Å²) in [5.74, 6) is 0.171. The van der Waals surface area contributed by atoms with Gasteiger partial charge in [0.1, 0.15) is 6.61 Å². The highest BCUT2D eigenvalue weighted by Gasteiger charge is 2.15. The molecular formula is C20H25NO3. The second kappa shape index (κ2) is 9.08. The lowest BCUT2D eigenvalue weighted by atomic mass is 10.1. The molecule has 0 bridgehead atoms. The zero-order valence-electron chi connectivity index (χ0n) is 14.3. The highest BCUT2D eigenvalue weighted by Crippen LogP contribution is 2.14. The largest absolute Gasteiger partial charge is 0.457 e. The quantitative estimate of drug-likeness (QED) is 0.779. The summed E-state index contributed by atoms with van der Waals surface area (Å²) in [7, 11) is 0. The van der Waals surface area contributed by atoms with Crippen molar-refractivity contribution >= 4 is 5.97 Å². The molecule has 1 atom stereocenters. The Morgan fingerprint density at radius 1 is 1.25 bits per heavy atom. The maximum atomic E-state index is 12.3. The van der Waals surface area contributed by atoms with Crippen molar-refractivity contribution in [3.8, 4) is 0 Å². The summed E-state index contributed by atoms with van der Waals surface area (Å²) in [6.45, 7) is 5.16. The molecule has 0 fully saturated rings. The Morgan fingerprint density at radius 2 is 2.00 bits per heavy atom. The average Bonchev–Trinajstić information content (AvgIpc) is 2.75. The van der Waals surface area contributed by atoms with Gasteiger partial charge in [0.25, 0.3) is 0 Å². The molecule has 0 saturated heterocycles. The molecule has 0 aromatic heterocycles. The molecule has 1 aromatic carbocycles. The molecular weight excluding hydrogens is 302 g/mol. The van der Waals surface area contributed by atoms with Crippen LogP contribution < -0.4 is 5.73 Å². The lowest BCUT2D eigenvalue weighted by Gasteiger charge is -2.12. The molecule has 1 aliphatic carbocycles. The van der Waals surface area contributed by atoms with Crippen LogP contribution in [0.1, 0.15) is 25.8 Å². The fourth-order valence-electron chi connectivity index (χ4n) is 2.19. The number of nitrogens with two attached hydrogens (primary N) is 1. The van der Waals surface area contributed by atoms with E-state index in [2.05, 4.69) is 13.8 Å². The molecule has 0 saturated carbocycles. The first-order valence-electron chi connectivity index (χ1n) is 8.24. The minimum Gasteiger partial charge on any atom is -0.457 e. The Morgan fingerprint density at radius 3 is 2.71 bits per heavy atom. The van der Waals surface area contributed by atoms with Crippen molar-refractivity contribution in [1.29, 1.82) is 0 Å². The Bertz CT molecular complexity index is 630. The van der Waals surface area contributed by atoms with Crippen molar-refractivity contribution in [2.24, 2.45) is 11.7 Å². The van der Waals surface area contributed by atoms with Crippen LogP contribution in [0.5, 0.6) is 0 Å². The standard InChI is InChI=1S/C20H25NO3/c1-15(2)10-11-23-19-9-8-18(21)12-17(13-19)20(22)24-14-16-6-4-3-5-7-16/h3-9,12-13,15,19H,10-11,14,21H2,1-2H3. The number of esters is 1. The van der Waals surface area contributed by atoms with E-state index in [-0.39, 0.29) is 12.7 Å². The maximum absolute atomic E-state index is 12.3. The Balaban J connectivity index is 1.97. The number of hydrogen-bond donors (Lipinski definition) is 1. The van der Waals surface area contributed by atoms with Gasteiger partial charge in [0.2, 0.25) is 0 Å². The van der Waals surface area contributed by atoms with Crippen LogP contribution in [0.25, 0.3) is 0 Å². The molecule has 0 radical (unpaired) electrons. The Kier molecular flexibility index (Phi) is 6.82. The Labute approximate surface area is 143 Å². The first kappa shape index (κ1) is 18.0. The summed E-state index contributed by atoms with van der Waals surface area (Å²) >= 11 is 0. The van der Waals surface area contributed by atoms with Crippen LogP contribution in [0, 0.1) is 5.92 Å². The Hall–Kier alpha value is -2.33. The third-order valence-corrected chi connectivity index (χ3v) is 3.60. The van der Waals surface area contributed by atoms with E-state index in [1.54, 1.807) is 18.2 Å². The van der Waals surface area contributed by atoms with Gasteiger partial charge in [0, 0.05) is 12.3 Å². The zero-order valence-corrected chi connectivity index (χ0v) is 14.3. The predicted molar refractivity (Wildman–Crippen MR) is 94.9 cm³/mol. The first-order valence-corrected chi connectivity index (χ1v) is 8.24. The second-order valence-corrected chi connectivity index (χ2v) is 6.21. The molecule has 2 N–H and O–H groups in total.